The van der Waals surface area contributed by atoms with E-state index in [1.165, 1.54) is 0 Å². The molecular weight excluding hydrogens is 132 g/mol. The molecule has 0 aliphatic carbocycles. The van der Waals surface area contributed by atoms with Crippen LogP contribution in [0.3, 0.4) is 0 Å². The van der Waals surface area contributed by atoms with Crippen LogP contribution in [0.4, 0.5) is 0 Å². The van der Waals surface area contributed by atoms with E-state index in [2.05, 4.69) is 0 Å². The van der Waals surface area contributed by atoms with Gasteiger partial charge in [0, 0.05) is 0 Å². The van der Waals surface area contributed by atoms with Gasteiger partial charge in [-0.2, -0.15) is 0 Å². The highest BCUT2D eigenvalue weighted by atomic mass is 16.6. The SMILES string of the molecule is CC1OC(C)C(C)OC1=O. The normalized spacial score (nSPS) is 41.1. The predicted molar refractivity (Wildman–Crippen MR) is 35.6 cm³/mol. The molecule has 1 aliphatic heterocycles. The number of hydrogen-bond acceptors (Lipinski definition) is 3. The molecule has 1 saturated heterocycles. The summed E-state index contributed by atoms with van der Waals surface area (Å²) >= 11 is 0. The van der Waals surface area contributed by atoms with Crippen molar-refractivity contribution >= 4 is 5.97 Å². The maximum Gasteiger partial charge on any atom is 0.335 e. The van der Waals surface area contributed by atoms with E-state index in [0.717, 1.165) is 0 Å². The lowest BCUT2D eigenvalue weighted by atomic mass is 10.2. The van der Waals surface area contributed by atoms with Crippen molar-refractivity contribution in [2.45, 2.75) is 39.1 Å². The Morgan fingerprint density at radius 3 is 2.30 bits per heavy atom. The zero-order chi connectivity index (χ0) is 7.72. The van der Waals surface area contributed by atoms with E-state index in [1.807, 2.05) is 13.8 Å². The van der Waals surface area contributed by atoms with Gasteiger partial charge in [0.1, 0.15) is 6.10 Å². The highest BCUT2D eigenvalue weighted by Crippen LogP contribution is 2.14. The molecule has 0 aromatic carbocycles. The Morgan fingerprint density at radius 1 is 1.20 bits per heavy atom. The van der Waals surface area contributed by atoms with E-state index in [9.17, 15) is 4.79 Å². The lowest BCUT2D eigenvalue weighted by Crippen LogP contribution is -2.42. The third kappa shape index (κ3) is 1.29. The summed E-state index contributed by atoms with van der Waals surface area (Å²) < 4.78 is 10.2. The number of cyclic esters (lactones) is 1. The van der Waals surface area contributed by atoms with Crippen LogP contribution in [0.25, 0.3) is 0 Å². The Labute approximate surface area is 60.3 Å². The Hall–Kier alpha value is -0.570. The Balaban J connectivity index is 2.54. The van der Waals surface area contributed by atoms with Gasteiger partial charge in [-0.1, -0.05) is 0 Å². The maximum atomic E-state index is 10.8. The second kappa shape index (κ2) is 2.58. The van der Waals surface area contributed by atoms with Crippen molar-refractivity contribution in [2.24, 2.45) is 0 Å². The largest absolute Gasteiger partial charge is 0.458 e. The lowest BCUT2D eigenvalue weighted by Gasteiger charge is -2.29. The minimum atomic E-state index is -0.397. The molecule has 10 heavy (non-hydrogen) atoms. The highest BCUT2D eigenvalue weighted by molar-refractivity contribution is 5.74. The molecule has 58 valence electrons. The smallest absolute Gasteiger partial charge is 0.335 e. The first-order chi connectivity index (χ1) is 4.61. The van der Waals surface area contributed by atoms with Crippen molar-refractivity contribution in [3.8, 4) is 0 Å². The Kier molecular flexibility index (Phi) is 1.94. The van der Waals surface area contributed by atoms with Crippen LogP contribution in [-0.4, -0.2) is 24.3 Å². The number of esters is 1. The first-order valence-electron chi connectivity index (χ1n) is 3.47. The molecule has 1 fully saturated rings. The van der Waals surface area contributed by atoms with Crippen molar-refractivity contribution in [1.29, 1.82) is 0 Å². The summed E-state index contributed by atoms with van der Waals surface area (Å²) in [6, 6.07) is 0. The van der Waals surface area contributed by atoms with Gasteiger partial charge >= 0.3 is 5.97 Å². The van der Waals surface area contributed by atoms with E-state index >= 15 is 0 Å². The summed E-state index contributed by atoms with van der Waals surface area (Å²) in [7, 11) is 0. The van der Waals surface area contributed by atoms with E-state index in [4.69, 9.17) is 9.47 Å². The molecular formula is C7H12O3. The van der Waals surface area contributed by atoms with E-state index in [0.29, 0.717) is 0 Å². The first-order valence-corrected chi connectivity index (χ1v) is 3.47. The third-order valence-electron chi connectivity index (χ3n) is 1.71. The monoisotopic (exact) mass is 144 g/mol. The quantitative estimate of drug-likeness (QED) is 0.470. The van der Waals surface area contributed by atoms with Gasteiger partial charge in [-0.05, 0) is 20.8 Å². The molecule has 0 amide bonds. The second-order valence-corrected chi connectivity index (χ2v) is 2.63. The van der Waals surface area contributed by atoms with Crippen LogP contribution in [0.5, 0.6) is 0 Å². The van der Waals surface area contributed by atoms with Gasteiger partial charge in [0.2, 0.25) is 0 Å². The second-order valence-electron chi connectivity index (χ2n) is 2.63. The average molecular weight is 144 g/mol. The molecule has 1 aliphatic rings. The molecule has 3 nitrogen and oxygen atoms in total. The summed E-state index contributed by atoms with van der Waals surface area (Å²) in [5, 5.41) is 0. The predicted octanol–water partition coefficient (Wildman–Crippen LogP) is 0.725. The van der Waals surface area contributed by atoms with Crippen LogP contribution in [0.1, 0.15) is 20.8 Å². The van der Waals surface area contributed by atoms with Gasteiger partial charge in [-0.25, -0.2) is 4.79 Å². The van der Waals surface area contributed by atoms with Gasteiger partial charge in [-0.15, -0.1) is 0 Å². The summed E-state index contributed by atoms with van der Waals surface area (Å²) in [6.45, 7) is 5.42. The summed E-state index contributed by atoms with van der Waals surface area (Å²) in [6.07, 6.45) is -0.484. The molecule has 1 rings (SSSR count). The number of carbonyl (C=O) groups excluding carboxylic acids is 1. The van der Waals surface area contributed by atoms with Gasteiger partial charge in [0.05, 0.1) is 6.10 Å². The molecule has 3 atom stereocenters. The Bertz CT molecular complexity index is 144. The number of rotatable bonds is 0. The van der Waals surface area contributed by atoms with Gasteiger partial charge in [0.25, 0.3) is 0 Å². The van der Waals surface area contributed by atoms with Gasteiger partial charge in [-0.3, -0.25) is 0 Å². The molecule has 0 aromatic rings. The molecule has 3 unspecified atom stereocenters. The van der Waals surface area contributed by atoms with Crippen LogP contribution in [0.2, 0.25) is 0 Å². The fourth-order valence-corrected chi connectivity index (χ4v) is 0.863. The fourth-order valence-electron chi connectivity index (χ4n) is 0.863. The summed E-state index contributed by atoms with van der Waals surface area (Å²) in [4.78, 5) is 10.8. The minimum absolute atomic E-state index is 0.0210. The molecule has 0 bridgehead atoms. The highest BCUT2D eigenvalue weighted by Gasteiger charge is 2.30. The molecule has 0 N–H and O–H groups in total. The number of carbonyl (C=O) groups is 1. The minimum Gasteiger partial charge on any atom is -0.458 e. The van der Waals surface area contributed by atoms with Crippen LogP contribution < -0.4 is 0 Å². The topological polar surface area (TPSA) is 35.5 Å². The molecule has 3 heteroatoms. The first kappa shape index (κ1) is 7.54. The maximum absolute atomic E-state index is 10.8. The van der Waals surface area contributed by atoms with Crippen LogP contribution in [0.15, 0.2) is 0 Å². The molecule has 0 radical (unpaired) electrons. The molecule has 0 aromatic heterocycles. The molecule has 0 saturated carbocycles. The van der Waals surface area contributed by atoms with Crippen molar-refractivity contribution in [3.63, 3.8) is 0 Å². The van der Waals surface area contributed by atoms with Gasteiger partial charge in [0.15, 0.2) is 6.10 Å². The van der Waals surface area contributed by atoms with E-state index in [1.54, 1.807) is 6.92 Å². The molecule has 1 heterocycles. The van der Waals surface area contributed by atoms with Crippen LogP contribution in [-0.2, 0) is 14.3 Å². The van der Waals surface area contributed by atoms with Crippen LogP contribution in [0, 0.1) is 0 Å². The zero-order valence-electron chi connectivity index (χ0n) is 6.46. The standard InChI is InChI=1S/C7H12O3/c1-4-5(2)10-7(8)6(3)9-4/h4-6H,1-3H3. The lowest BCUT2D eigenvalue weighted by molar-refractivity contribution is -0.192. The summed E-state index contributed by atoms with van der Waals surface area (Å²) in [5.74, 6) is -0.259. The Morgan fingerprint density at radius 2 is 1.80 bits per heavy atom. The molecule has 0 spiro atoms. The number of hydrogen-bond donors (Lipinski definition) is 0. The van der Waals surface area contributed by atoms with Gasteiger partial charge < -0.3 is 9.47 Å². The number of ether oxygens (including phenoxy) is 2. The fraction of sp³-hybridized carbons (Fsp3) is 0.857. The zero-order valence-corrected chi connectivity index (χ0v) is 6.46. The van der Waals surface area contributed by atoms with E-state index in [-0.39, 0.29) is 18.2 Å². The summed E-state index contributed by atoms with van der Waals surface area (Å²) in [5.41, 5.74) is 0. The van der Waals surface area contributed by atoms with Crippen molar-refractivity contribution in [1.82, 2.24) is 0 Å². The van der Waals surface area contributed by atoms with Crippen LogP contribution >= 0.6 is 0 Å². The van der Waals surface area contributed by atoms with Crippen molar-refractivity contribution in [2.75, 3.05) is 0 Å². The van der Waals surface area contributed by atoms with Crippen molar-refractivity contribution < 1.29 is 14.3 Å². The third-order valence-corrected chi connectivity index (χ3v) is 1.71. The van der Waals surface area contributed by atoms with E-state index < -0.39 is 6.10 Å². The average Bonchev–Trinajstić information content (AvgIpc) is 1.84. The van der Waals surface area contributed by atoms with Crippen molar-refractivity contribution in [3.05, 3.63) is 0 Å².